The molecule has 41 heavy (non-hydrogen) atoms. The SMILES string of the molecule is O=C(N/N=C\c1ccc(-c2ccc(Cl)c(Cl)c2)o1)c1ccc(-n2c(-c3ccccc3)ccc2-c2ccccc2)cc1. The number of hydrazone groups is 1. The molecule has 1 N–H and O–H groups in total. The summed E-state index contributed by atoms with van der Waals surface area (Å²) in [5.74, 6) is 0.765. The van der Waals surface area contributed by atoms with E-state index in [1.165, 1.54) is 6.21 Å². The number of carbonyl (C=O) groups excluding carboxylic acids is 1. The second-order valence-corrected chi connectivity index (χ2v) is 10.1. The van der Waals surface area contributed by atoms with E-state index < -0.39 is 0 Å². The highest BCUT2D eigenvalue weighted by Gasteiger charge is 2.14. The van der Waals surface area contributed by atoms with Gasteiger partial charge in [0.25, 0.3) is 5.91 Å². The molecule has 0 radical (unpaired) electrons. The molecule has 6 rings (SSSR count). The molecule has 0 spiro atoms. The van der Waals surface area contributed by atoms with Crippen LogP contribution >= 0.6 is 23.2 Å². The highest BCUT2D eigenvalue weighted by Crippen LogP contribution is 2.33. The predicted molar refractivity (Wildman–Crippen MR) is 166 cm³/mol. The van der Waals surface area contributed by atoms with Crippen LogP contribution in [0.15, 0.2) is 137 Å². The van der Waals surface area contributed by atoms with E-state index in [1.54, 1.807) is 36.4 Å². The van der Waals surface area contributed by atoms with Crippen LogP contribution in [0, 0.1) is 0 Å². The summed E-state index contributed by atoms with van der Waals surface area (Å²) in [7, 11) is 0. The Kier molecular flexibility index (Phi) is 7.54. The molecule has 2 heterocycles. The number of rotatable bonds is 7. The zero-order valence-electron chi connectivity index (χ0n) is 21.7. The summed E-state index contributed by atoms with van der Waals surface area (Å²) in [5.41, 5.74) is 9.11. The van der Waals surface area contributed by atoms with Crippen molar-refractivity contribution in [2.24, 2.45) is 5.10 Å². The van der Waals surface area contributed by atoms with Crippen LogP contribution in [0.4, 0.5) is 0 Å². The van der Waals surface area contributed by atoms with E-state index in [-0.39, 0.29) is 5.91 Å². The van der Waals surface area contributed by atoms with Crippen LogP contribution < -0.4 is 5.43 Å². The lowest BCUT2D eigenvalue weighted by atomic mass is 10.1. The first-order chi connectivity index (χ1) is 20.1. The first-order valence-electron chi connectivity index (χ1n) is 12.9. The van der Waals surface area contributed by atoms with E-state index in [0.717, 1.165) is 33.8 Å². The van der Waals surface area contributed by atoms with Crippen molar-refractivity contribution in [3.8, 4) is 39.5 Å². The van der Waals surface area contributed by atoms with E-state index in [9.17, 15) is 4.79 Å². The van der Waals surface area contributed by atoms with Gasteiger partial charge in [0.05, 0.1) is 27.6 Å². The number of hydrogen-bond acceptors (Lipinski definition) is 3. The number of hydrogen-bond donors (Lipinski definition) is 1. The average Bonchev–Trinajstić information content (AvgIpc) is 3.68. The number of benzene rings is 4. The fourth-order valence-corrected chi connectivity index (χ4v) is 4.89. The Morgan fingerprint density at radius 1 is 0.683 bits per heavy atom. The van der Waals surface area contributed by atoms with Crippen LogP contribution in [0.2, 0.25) is 10.0 Å². The second kappa shape index (κ2) is 11.7. The minimum Gasteiger partial charge on any atom is -0.455 e. The van der Waals surface area contributed by atoms with Gasteiger partial charge in [0.15, 0.2) is 0 Å². The molecule has 0 saturated heterocycles. The summed E-state index contributed by atoms with van der Waals surface area (Å²) in [6, 6.07) is 41.0. The van der Waals surface area contributed by atoms with Gasteiger partial charge in [-0.3, -0.25) is 4.79 Å². The van der Waals surface area contributed by atoms with Crippen LogP contribution in [0.3, 0.4) is 0 Å². The Bertz CT molecular complexity index is 1780. The molecular weight excluding hydrogens is 553 g/mol. The molecule has 5 nitrogen and oxygen atoms in total. The minimum absolute atomic E-state index is 0.330. The molecular formula is C34H23Cl2N3O2. The van der Waals surface area contributed by atoms with Crippen molar-refractivity contribution in [2.45, 2.75) is 0 Å². The molecule has 0 aliphatic heterocycles. The van der Waals surface area contributed by atoms with Gasteiger partial charge in [-0.25, -0.2) is 5.43 Å². The van der Waals surface area contributed by atoms with Crippen LogP contribution in [0.1, 0.15) is 16.1 Å². The third-order valence-corrected chi connectivity index (χ3v) is 7.34. The number of aromatic nitrogens is 1. The largest absolute Gasteiger partial charge is 0.455 e. The van der Waals surface area contributed by atoms with Crippen molar-refractivity contribution in [3.05, 3.63) is 149 Å². The van der Waals surface area contributed by atoms with Gasteiger partial charge in [-0.2, -0.15) is 5.10 Å². The summed E-state index contributed by atoms with van der Waals surface area (Å²) in [4.78, 5) is 12.8. The van der Waals surface area contributed by atoms with Crippen LogP contribution in [-0.4, -0.2) is 16.7 Å². The Balaban J connectivity index is 1.20. The third-order valence-electron chi connectivity index (χ3n) is 6.60. The fraction of sp³-hybridized carbons (Fsp3) is 0. The van der Waals surface area contributed by atoms with E-state index in [0.29, 0.717) is 27.1 Å². The maximum atomic E-state index is 12.8. The van der Waals surface area contributed by atoms with Crippen molar-refractivity contribution in [3.63, 3.8) is 0 Å². The molecule has 0 aliphatic rings. The van der Waals surface area contributed by atoms with Crippen molar-refractivity contribution in [2.75, 3.05) is 0 Å². The van der Waals surface area contributed by atoms with Crippen molar-refractivity contribution < 1.29 is 9.21 Å². The van der Waals surface area contributed by atoms with Crippen molar-refractivity contribution in [1.82, 2.24) is 9.99 Å². The molecule has 0 atom stereocenters. The third kappa shape index (κ3) is 5.73. The minimum atomic E-state index is -0.330. The van der Waals surface area contributed by atoms with Gasteiger partial charge in [-0.15, -0.1) is 0 Å². The van der Waals surface area contributed by atoms with E-state index in [4.69, 9.17) is 27.6 Å². The lowest BCUT2D eigenvalue weighted by Gasteiger charge is -2.15. The first kappa shape index (κ1) is 26.4. The number of nitrogens with zero attached hydrogens (tertiary/aromatic N) is 2. The monoisotopic (exact) mass is 575 g/mol. The lowest BCUT2D eigenvalue weighted by molar-refractivity contribution is 0.0955. The van der Waals surface area contributed by atoms with Gasteiger partial charge in [0, 0.05) is 16.8 Å². The molecule has 200 valence electrons. The zero-order valence-corrected chi connectivity index (χ0v) is 23.2. The molecule has 6 aromatic rings. The van der Waals surface area contributed by atoms with Gasteiger partial charge in [-0.05, 0) is 77.9 Å². The first-order valence-corrected chi connectivity index (χ1v) is 13.6. The van der Waals surface area contributed by atoms with E-state index in [1.807, 2.05) is 54.6 Å². The number of amides is 1. The molecule has 7 heteroatoms. The van der Waals surface area contributed by atoms with Crippen molar-refractivity contribution in [1.29, 1.82) is 0 Å². The molecule has 2 aromatic heterocycles. The van der Waals surface area contributed by atoms with Gasteiger partial charge in [0.1, 0.15) is 11.5 Å². The van der Waals surface area contributed by atoms with E-state index >= 15 is 0 Å². The van der Waals surface area contributed by atoms with Crippen LogP contribution in [-0.2, 0) is 0 Å². The van der Waals surface area contributed by atoms with Crippen LogP contribution in [0.25, 0.3) is 39.5 Å². The number of carbonyl (C=O) groups is 1. The predicted octanol–water partition coefficient (Wildman–Crippen LogP) is 9.14. The molecule has 4 aromatic carbocycles. The lowest BCUT2D eigenvalue weighted by Crippen LogP contribution is -2.17. The summed E-state index contributed by atoms with van der Waals surface area (Å²) in [5, 5.41) is 4.98. The normalized spacial score (nSPS) is 11.2. The highest BCUT2D eigenvalue weighted by molar-refractivity contribution is 6.42. The zero-order chi connectivity index (χ0) is 28.2. The quantitative estimate of drug-likeness (QED) is 0.152. The molecule has 0 unspecified atom stereocenters. The molecule has 0 saturated carbocycles. The summed E-state index contributed by atoms with van der Waals surface area (Å²) in [6.07, 6.45) is 1.45. The Labute approximate surface area is 247 Å². The topological polar surface area (TPSA) is 59.5 Å². The Morgan fingerprint density at radius 2 is 1.32 bits per heavy atom. The maximum Gasteiger partial charge on any atom is 0.271 e. The molecule has 0 fully saturated rings. The number of nitrogens with one attached hydrogen (secondary N) is 1. The molecule has 0 aliphatic carbocycles. The summed E-state index contributed by atoms with van der Waals surface area (Å²) in [6.45, 7) is 0. The van der Waals surface area contributed by atoms with Gasteiger partial charge < -0.3 is 8.98 Å². The number of furan rings is 1. The average molecular weight is 576 g/mol. The summed E-state index contributed by atoms with van der Waals surface area (Å²) >= 11 is 12.1. The van der Waals surface area contributed by atoms with Gasteiger partial charge in [-0.1, -0.05) is 83.9 Å². The number of halogens is 2. The molecule has 1 amide bonds. The smallest absolute Gasteiger partial charge is 0.271 e. The maximum absolute atomic E-state index is 12.8. The standard InChI is InChI=1S/C34H23Cl2N3O2/c35-29-17-13-26(21-30(29)36)33-20-16-28(41-33)22-37-38-34(40)25-11-14-27(15-12-25)39-31(23-7-3-1-4-8-23)18-19-32(39)24-9-5-2-6-10-24/h1-22H,(H,38,40)/b37-22-. The van der Waals surface area contributed by atoms with Crippen molar-refractivity contribution >= 4 is 35.3 Å². The summed E-state index contributed by atoms with van der Waals surface area (Å²) < 4.78 is 8.00. The van der Waals surface area contributed by atoms with Gasteiger partial charge in [0.2, 0.25) is 0 Å². The fourth-order valence-electron chi connectivity index (χ4n) is 4.59. The highest BCUT2D eigenvalue weighted by atomic mass is 35.5. The van der Waals surface area contributed by atoms with E-state index in [2.05, 4.69) is 51.5 Å². The second-order valence-electron chi connectivity index (χ2n) is 9.25. The van der Waals surface area contributed by atoms with Crippen LogP contribution in [0.5, 0.6) is 0 Å². The molecule has 0 bridgehead atoms. The Morgan fingerprint density at radius 3 is 1.93 bits per heavy atom. The van der Waals surface area contributed by atoms with Gasteiger partial charge >= 0.3 is 0 Å². The Hall–Kier alpha value is -4.84.